The molecule has 0 amide bonds. The van der Waals surface area contributed by atoms with Gasteiger partial charge in [-0.05, 0) is 38.3 Å². The zero-order valence-corrected chi connectivity index (χ0v) is 15.2. The molecule has 5 heteroatoms. The number of hydrogen-bond donors (Lipinski definition) is 1. The molecule has 0 saturated carbocycles. The summed E-state index contributed by atoms with van der Waals surface area (Å²) in [7, 11) is 0. The van der Waals surface area contributed by atoms with Crippen molar-refractivity contribution in [2.75, 3.05) is 0 Å². The molecule has 4 nitrogen and oxygen atoms in total. The van der Waals surface area contributed by atoms with Crippen molar-refractivity contribution >= 4 is 21.9 Å². The molecule has 1 fully saturated rings. The Morgan fingerprint density at radius 2 is 2.09 bits per heavy atom. The minimum Gasteiger partial charge on any atom is -0.456 e. The van der Waals surface area contributed by atoms with Gasteiger partial charge in [-0.3, -0.25) is 0 Å². The van der Waals surface area contributed by atoms with Gasteiger partial charge in [0.2, 0.25) is 0 Å². The topological polar surface area (TPSA) is 55.8 Å². The van der Waals surface area contributed by atoms with Crippen LogP contribution < -0.4 is 0 Å². The van der Waals surface area contributed by atoms with Crippen LogP contribution in [0.5, 0.6) is 0 Å². The van der Waals surface area contributed by atoms with Crippen LogP contribution in [0.25, 0.3) is 0 Å². The average molecular weight is 385 g/mol. The maximum Gasteiger partial charge on any atom is 0.338 e. The van der Waals surface area contributed by atoms with E-state index in [9.17, 15) is 9.90 Å². The number of aliphatic hydroxyl groups is 1. The normalized spacial score (nSPS) is 30.1. The van der Waals surface area contributed by atoms with Gasteiger partial charge in [-0.15, -0.1) is 0 Å². The predicted octanol–water partition coefficient (Wildman–Crippen LogP) is 3.70. The van der Waals surface area contributed by atoms with E-state index in [1.807, 2.05) is 13.0 Å². The van der Waals surface area contributed by atoms with Crippen molar-refractivity contribution in [3.63, 3.8) is 0 Å². The summed E-state index contributed by atoms with van der Waals surface area (Å²) >= 11 is 3.64. The molecule has 0 aromatic heterocycles. The quantitative estimate of drug-likeness (QED) is 0.634. The van der Waals surface area contributed by atoms with Crippen molar-refractivity contribution in [2.45, 2.75) is 68.8 Å². The van der Waals surface area contributed by atoms with Crippen LogP contribution in [0.3, 0.4) is 0 Å². The SMILES string of the molecule is CC[C@H](Br)[C@@H]1CC[C@@H](O)[C@H](OC(=O)c2ccccc2)C[C@@H](C)O1. The molecule has 2 rings (SSSR count). The highest BCUT2D eigenvalue weighted by Crippen LogP contribution is 2.27. The van der Waals surface area contributed by atoms with E-state index in [1.54, 1.807) is 24.3 Å². The fraction of sp³-hybridized carbons (Fsp3) is 0.611. The minimum absolute atomic E-state index is 0.0740. The molecule has 128 valence electrons. The van der Waals surface area contributed by atoms with Gasteiger partial charge in [-0.25, -0.2) is 4.79 Å². The first kappa shape index (κ1) is 18.4. The van der Waals surface area contributed by atoms with Crippen LogP contribution in [0.2, 0.25) is 0 Å². The molecular weight excluding hydrogens is 360 g/mol. The van der Waals surface area contributed by atoms with Gasteiger partial charge in [0.25, 0.3) is 0 Å². The molecule has 23 heavy (non-hydrogen) atoms. The number of alkyl halides is 1. The molecule has 0 bridgehead atoms. The first-order valence-electron chi connectivity index (χ1n) is 8.24. The van der Waals surface area contributed by atoms with Gasteiger partial charge >= 0.3 is 5.97 Å². The van der Waals surface area contributed by atoms with Crippen molar-refractivity contribution < 1.29 is 19.4 Å². The zero-order chi connectivity index (χ0) is 16.8. The highest BCUT2D eigenvalue weighted by atomic mass is 79.9. The van der Waals surface area contributed by atoms with E-state index >= 15 is 0 Å². The fourth-order valence-electron chi connectivity index (χ4n) is 2.86. The third kappa shape index (κ3) is 5.30. The summed E-state index contributed by atoms with van der Waals surface area (Å²) in [4.78, 5) is 12.5. The Morgan fingerprint density at radius 1 is 1.39 bits per heavy atom. The van der Waals surface area contributed by atoms with Crippen molar-refractivity contribution in [3.8, 4) is 0 Å². The zero-order valence-electron chi connectivity index (χ0n) is 13.7. The molecule has 1 N–H and O–H groups in total. The minimum atomic E-state index is -0.659. The number of halogens is 1. The van der Waals surface area contributed by atoms with Gasteiger partial charge in [0.1, 0.15) is 6.10 Å². The summed E-state index contributed by atoms with van der Waals surface area (Å²) in [6, 6.07) is 8.86. The van der Waals surface area contributed by atoms with Crippen molar-refractivity contribution in [1.82, 2.24) is 0 Å². The number of carbonyl (C=O) groups is 1. The van der Waals surface area contributed by atoms with Crippen molar-refractivity contribution in [3.05, 3.63) is 35.9 Å². The monoisotopic (exact) mass is 384 g/mol. The second-order valence-corrected chi connectivity index (χ2v) is 7.28. The van der Waals surface area contributed by atoms with Gasteiger partial charge in [0.05, 0.1) is 23.9 Å². The Bertz CT molecular complexity index is 493. The Morgan fingerprint density at radius 3 is 2.74 bits per heavy atom. The van der Waals surface area contributed by atoms with E-state index in [2.05, 4.69) is 22.9 Å². The summed E-state index contributed by atoms with van der Waals surface area (Å²) in [5, 5.41) is 10.4. The maximum absolute atomic E-state index is 12.2. The smallest absolute Gasteiger partial charge is 0.338 e. The van der Waals surface area contributed by atoms with E-state index in [-0.39, 0.29) is 17.0 Å². The van der Waals surface area contributed by atoms with Gasteiger partial charge in [0.15, 0.2) is 0 Å². The lowest BCUT2D eigenvalue weighted by molar-refractivity contribution is -0.0902. The number of carbonyl (C=O) groups excluding carboxylic acids is 1. The van der Waals surface area contributed by atoms with E-state index in [1.165, 1.54) is 0 Å². The standard InChI is InChI=1S/C18H25BrO4/c1-3-14(19)16-10-9-15(20)17(11-12(2)22-16)23-18(21)13-7-5-4-6-8-13/h4-8,12,14-17,20H,3,9-11H2,1-2H3/t12-,14+,15-,16+,17-/m1/s1. The second kappa shape index (κ2) is 8.81. The molecule has 1 aliphatic rings. The van der Waals surface area contributed by atoms with Crippen LogP contribution >= 0.6 is 15.9 Å². The van der Waals surface area contributed by atoms with Gasteiger partial charge in [0, 0.05) is 11.2 Å². The lowest BCUT2D eigenvalue weighted by Gasteiger charge is -2.34. The van der Waals surface area contributed by atoms with Gasteiger partial charge in [-0.1, -0.05) is 41.1 Å². The summed E-state index contributed by atoms with van der Waals surface area (Å²) < 4.78 is 11.6. The van der Waals surface area contributed by atoms with Crippen LogP contribution in [-0.2, 0) is 9.47 Å². The number of rotatable bonds is 4. The third-order valence-corrected chi connectivity index (χ3v) is 5.45. The molecule has 1 aromatic carbocycles. The average Bonchev–Trinajstić information content (AvgIpc) is 2.56. The van der Waals surface area contributed by atoms with E-state index in [4.69, 9.17) is 9.47 Å². The van der Waals surface area contributed by atoms with Crippen molar-refractivity contribution in [2.24, 2.45) is 0 Å². The van der Waals surface area contributed by atoms with E-state index in [0.29, 0.717) is 18.4 Å². The molecular formula is C18H25BrO4. The summed E-state index contributed by atoms with van der Waals surface area (Å²) in [5.41, 5.74) is 0.500. The summed E-state index contributed by atoms with van der Waals surface area (Å²) in [6.07, 6.45) is 1.59. The highest BCUT2D eigenvalue weighted by molar-refractivity contribution is 9.09. The van der Waals surface area contributed by atoms with E-state index in [0.717, 1.165) is 12.8 Å². The number of ether oxygens (including phenoxy) is 2. The molecule has 5 atom stereocenters. The molecule has 1 heterocycles. The Hall–Kier alpha value is -0.910. The lowest BCUT2D eigenvalue weighted by atomic mass is 9.97. The van der Waals surface area contributed by atoms with Gasteiger partial charge < -0.3 is 14.6 Å². The summed E-state index contributed by atoms with van der Waals surface area (Å²) in [6.45, 7) is 4.07. The highest BCUT2D eigenvalue weighted by Gasteiger charge is 2.32. The third-order valence-electron chi connectivity index (χ3n) is 4.21. The molecule has 1 saturated heterocycles. The van der Waals surface area contributed by atoms with Crippen LogP contribution in [-0.4, -0.2) is 40.3 Å². The molecule has 1 aromatic rings. The second-order valence-electron chi connectivity index (χ2n) is 6.10. The first-order chi connectivity index (χ1) is 11.0. The number of hydrogen-bond acceptors (Lipinski definition) is 4. The molecule has 0 aliphatic carbocycles. The number of aliphatic hydroxyl groups excluding tert-OH is 1. The van der Waals surface area contributed by atoms with Crippen LogP contribution in [0.4, 0.5) is 0 Å². The van der Waals surface area contributed by atoms with E-state index < -0.39 is 18.2 Å². The fourth-order valence-corrected chi connectivity index (χ4v) is 3.25. The largest absolute Gasteiger partial charge is 0.456 e. The maximum atomic E-state index is 12.2. The van der Waals surface area contributed by atoms with Gasteiger partial charge in [-0.2, -0.15) is 0 Å². The molecule has 0 unspecified atom stereocenters. The summed E-state index contributed by atoms with van der Waals surface area (Å²) in [5.74, 6) is -0.397. The first-order valence-corrected chi connectivity index (χ1v) is 9.16. The van der Waals surface area contributed by atoms with Crippen LogP contribution in [0.15, 0.2) is 30.3 Å². The Balaban J connectivity index is 1.99. The number of benzene rings is 1. The van der Waals surface area contributed by atoms with Crippen molar-refractivity contribution in [1.29, 1.82) is 0 Å². The molecule has 1 aliphatic heterocycles. The Kier molecular flexibility index (Phi) is 7.06. The number of esters is 1. The van der Waals surface area contributed by atoms with Crippen LogP contribution in [0.1, 0.15) is 49.9 Å². The molecule has 0 radical (unpaired) electrons. The van der Waals surface area contributed by atoms with Crippen LogP contribution in [0, 0.1) is 0 Å². The Labute approximate surface area is 146 Å². The molecule has 0 spiro atoms. The lowest BCUT2D eigenvalue weighted by Crippen LogP contribution is -2.40. The predicted molar refractivity (Wildman–Crippen MR) is 92.8 cm³/mol.